The highest BCUT2D eigenvalue weighted by Crippen LogP contribution is 2.07. The van der Waals surface area contributed by atoms with E-state index in [1.54, 1.807) is 24.3 Å². The number of rotatable bonds is 2. The van der Waals surface area contributed by atoms with Gasteiger partial charge < -0.3 is 10.8 Å². The second-order valence-corrected chi connectivity index (χ2v) is 2.66. The minimum absolute atomic E-state index is 0.139. The molecule has 0 radical (unpaired) electrons. The largest absolute Gasteiger partial charge is 0.464 e. The SMILES string of the molecule is Nc1cccc(CN(N)C(=O)O)c1. The summed E-state index contributed by atoms with van der Waals surface area (Å²) in [6.07, 6.45) is -1.16. The standard InChI is InChI=1S/C8H11N3O2/c9-7-3-1-2-6(4-7)5-11(10)8(12)13/h1-4H,5,9-10H2,(H,12,13). The van der Waals surface area contributed by atoms with E-state index in [-0.39, 0.29) is 6.54 Å². The lowest BCUT2D eigenvalue weighted by molar-refractivity contribution is 0.143. The Morgan fingerprint density at radius 2 is 2.23 bits per heavy atom. The molecule has 0 heterocycles. The lowest BCUT2D eigenvalue weighted by Gasteiger charge is -2.12. The lowest BCUT2D eigenvalue weighted by Crippen LogP contribution is -2.35. The number of benzene rings is 1. The quantitative estimate of drug-likeness (QED) is 0.270. The van der Waals surface area contributed by atoms with Gasteiger partial charge in [0.2, 0.25) is 0 Å². The van der Waals surface area contributed by atoms with Gasteiger partial charge in [-0.3, -0.25) is 0 Å². The van der Waals surface area contributed by atoms with Gasteiger partial charge in [0.05, 0.1) is 6.54 Å². The zero-order valence-electron chi connectivity index (χ0n) is 6.97. The summed E-state index contributed by atoms with van der Waals surface area (Å²) in [6, 6.07) is 6.92. The van der Waals surface area contributed by atoms with Crippen molar-refractivity contribution in [2.75, 3.05) is 5.73 Å². The number of hydrogen-bond donors (Lipinski definition) is 3. The number of nitrogens with two attached hydrogens (primary N) is 2. The van der Waals surface area contributed by atoms with Crippen LogP contribution in [-0.4, -0.2) is 16.2 Å². The van der Waals surface area contributed by atoms with E-state index in [9.17, 15) is 4.79 Å². The average molecular weight is 181 g/mol. The zero-order valence-corrected chi connectivity index (χ0v) is 6.97. The van der Waals surface area contributed by atoms with E-state index >= 15 is 0 Å². The van der Waals surface area contributed by atoms with Crippen LogP contribution in [-0.2, 0) is 6.54 Å². The molecule has 0 aliphatic rings. The first-order valence-electron chi connectivity index (χ1n) is 3.69. The lowest BCUT2D eigenvalue weighted by atomic mass is 10.2. The van der Waals surface area contributed by atoms with Crippen molar-refractivity contribution in [3.63, 3.8) is 0 Å². The third-order valence-corrected chi connectivity index (χ3v) is 1.55. The van der Waals surface area contributed by atoms with E-state index < -0.39 is 6.09 Å². The number of carboxylic acid groups (broad SMARTS) is 1. The third-order valence-electron chi connectivity index (χ3n) is 1.55. The summed E-state index contributed by atoms with van der Waals surface area (Å²) in [4.78, 5) is 10.4. The number of nitrogens with zero attached hydrogens (tertiary/aromatic N) is 1. The van der Waals surface area contributed by atoms with Crippen molar-refractivity contribution >= 4 is 11.8 Å². The first-order valence-corrected chi connectivity index (χ1v) is 3.69. The highest BCUT2D eigenvalue weighted by Gasteiger charge is 2.06. The monoisotopic (exact) mass is 181 g/mol. The zero-order chi connectivity index (χ0) is 9.84. The Hall–Kier alpha value is -1.75. The maximum absolute atomic E-state index is 10.4. The minimum Gasteiger partial charge on any atom is -0.464 e. The van der Waals surface area contributed by atoms with Crippen LogP contribution in [0, 0.1) is 0 Å². The fourth-order valence-electron chi connectivity index (χ4n) is 0.956. The fourth-order valence-corrected chi connectivity index (χ4v) is 0.956. The topological polar surface area (TPSA) is 92.6 Å². The van der Waals surface area contributed by atoms with Crippen LogP contribution in [0.25, 0.3) is 0 Å². The predicted molar refractivity (Wildman–Crippen MR) is 48.6 cm³/mol. The van der Waals surface area contributed by atoms with E-state index in [4.69, 9.17) is 16.7 Å². The van der Waals surface area contributed by atoms with Gasteiger partial charge in [0.25, 0.3) is 0 Å². The maximum atomic E-state index is 10.4. The molecule has 13 heavy (non-hydrogen) atoms. The van der Waals surface area contributed by atoms with Crippen LogP contribution in [0.5, 0.6) is 0 Å². The summed E-state index contributed by atoms with van der Waals surface area (Å²) in [5.41, 5.74) is 6.87. The molecule has 0 saturated heterocycles. The first-order chi connectivity index (χ1) is 6.09. The molecule has 1 aromatic rings. The van der Waals surface area contributed by atoms with E-state index in [2.05, 4.69) is 0 Å². The summed E-state index contributed by atoms with van der Waals surface area (Å²) in [7, 11) is 0. The molecule has 0 spiro atoms. The van der Waals surface area contributed by atoms with Crippen molar-refractivity contribution in [1.29, 1.82) is 0 Å². The van der Waals surface area contributed by atoms with Crippen LogP contribution in [0.1, 0.15) is 5.56 Å². The van der Waals surface area contributed by atoms with Gasteiger partial charge in [-0.05, 0) is 17.7 Å². The summed E-state index contributed by atoms with van der Waals surface area (Å²) >= 11 is 0. The maximum Gasteiger partial charge on any atom is 0.421 e. The van der Waals surface area contributed by atoms with Crippen molar-refractivity contribution < 1.29 is 9.90 Å². The molecular weight excluding hydrogens is 170 g/mol. The summed E-state index contributed by atoms with van der Waals surface area (Å²) in [5.74, 6) is 5.19. The molecule has 0 atom stereocenters. The normalized spacial score (nSPS) is 9.62. The Balaban J connectivity index is 2.69. The summed E-state index contributed by atoms with van der Waals surface area (Å²) in [5, 5.41) is 9.19. The molecule has 0 aliphatic heterocycles. The highest BCUT2D eigenvalue weighted by atomic mass is 16.4. The van der Waals surface area contributed by atoms with Gasteiger partial charge in [-0.25, -0.2) is 15.6 Å². The van der Waals surface area contributed by atoms with E-state index in [0.717, 1.165) is 5.56 Å². The Morgan fingerprint density at radius 3 is 2.77 bits per heavy atom. The minimum atomic E-state index is -1.16. The number of carbonyl (C=O) groups is 1. The number of anilines is 1. The average Bonchev–Trinajstić information content (AvgIpc) is 2.04. The molecule has 1 rings (SSSR count). The van der Waals surface area contributed by atoms with Crippen molar-refractivity contribution in [2.24, 2.45) is 5.84 Å². The second kappa shape index (κ2) is 3.77. The predicted octanol–water partition coefficient (Wildman–Crippen LogP) is 0.622. The second-order valence-electron chi connectivity index (χ2n) is 2.66. The van der Waals surface area contributed by atoms with Crippen LogP contribution >= 0.6 is 0 Å². The Labute approximate surface area is 75.5 Å². The van der Waals surface area contributed by atoms with Gasteiger partial charge >= 0.3 is 6.09 Å². The van der Waals surface area contributed by atoms with Crippen LogP contribution in [0.2, 0.25) is 0 Å². The molecule has 5 heteroatoms. The molecule has 0 fully saturated rings. The number of nitrogen functional groups attached to an aromatic ring is 1. The van der Waals surface area contributed by atoms with E-state index in [0.29, 0.717) is 10.7 Å². The van der Waals surface area contributed by atoms with Crippen molar-refractivity contribution in [3.8, 4) is 0 Å². The first kappa shape index (κ1) is 9.34. The number of hydrogen-bond acceptors (Lipinski definition) is 3. The van der Waals surface area contributed by atoms with E-state index in [1.165, 1.54) is 0 Å². The molecule has 70 valence electrons. The molecule has 0 aromatic heterocycles. The van der Waals surface area contributed by atoms with Gasteiger partial charge in [-0.1, -0.05) is 12.1 Å². The third kappa shape index (κ3) is 2.64. The molecule has 1 aromatic carbocycles. The van der Waals surface area contributed by atoms with Crippen LogP contribution in [0.3, 0.4) is 0 Å². The number of amides is 1. The summed E-state index contributed by atoms with van der Waals surface area (Å²) < 4.78 is 0. The molecule has 1 amide bonds. The van der Waals surface area contributed by atoms with Crippen molar-refractivity contribution in [3.05, 3.63) is 29.8 Å². The van der Waals surface area contributed by atoms with Gasteiger partial charge in [-0.2, -0.15) is 0 Å². The Kier molecular flexibility index (Phi) is 2.71. The van der Waals surface area contributed by atoms with E-state index in [1.807, 2.05) is 0 Å². The molecule has 5 N–H and O–H groups in total. The van der Waals surface area contributed by atoms with Crippen molar-refractivity contribution in [1.82, 2.24) is 5.01 Å². The van der Waals surface area contributed by atoms with Crippen LogP contribution < -0.4 is 11.6 Å². The fraction of sp³-hybridized carbons (Fsp3) is 0.125. The van der Waals surface area contributed by atoms with Gasteiger partial charge in [0, 0.05) is 5.69 Å². The Bertz CT molecular complexity index is 314. The van der Waals surface area contributed by atoms with Gasteiger partial charge in [0.15, 0.2) is 0 Å². The van der Waals surface area contributed by atoms with Crippen molar-refractivity contribution in [2.45, 2.75) is 6.54 Å². The molecule has 0 unspecified atom stereocenters. The number of hydrazine groups is 1. The van der Waals surface area contributed by atoms with Crippen LogP contribution in [0.4, 0.5) is 10.5 Å². The smallest absolute Gasteiger partial charge is 0.421 e. The molecular formula is C8H11N3O2. The Morgan fingerprint density at radius 1 is 1.54 bits per heavy atom. The van der Waals surface area contributed by atoms with Crippen LogP contribution in [0.15, 0.2) is 24.3 Å². The molecule has 0 saturated carbocycles. The molecule has 0 aliphatic carbocycles. The summed E-state index contributed by atoms with van der Waals surface area (Å²) in [6.45, 7) is 0.139. The molecule has 5 nitrogen and oxygen atoms in total. The highest BCUT2D eigenvalue weighted by molar-refractivity contribution is 5.64. The molecule has 0 bridgehead atoms. The van der Waals surface area contributed by atoms with Gasteiger partial charge in [0.1, 0.15) is 0 Å². The van der Waals surface area contributed by atoms with Gasteiger partial charge in [-0.15, -0.1) is 0 Å².